The number of alkyl halides is 3. The Bertz CT molecular complexity index is 889. The first kappa shape index (κ1) is 26.5. The van der Waals surface area contributed by atoms with E-state index in [1.165, 1.54) is 44.9 Å². The zero-order valence-corrected chi connectivity index (χ0v) is 21.0. The zero-order chi connectivity index (χ0) is 25.2. The first-order valence-corrected chi connectivity index (χ1v) is 13.6. The average molecular weight is 499 g/mol. The molecule has 1 heterocycles. The van der Waals surface area contributed by atoms with E-state index >= 15 is 4.39 Å². The van der Waals surface area contributed by atoms with Crippen LogP contribution in [0.3, 0.4) is 0 Å². The Morgan fingerprint density at radius 1 is 0.943 bits per heavy atom. The number of hydrogen-bond acceptors (Lipinski definition) is 1. The molecule has 2 saturated carbocycles. The largest absolute Gasteiger partial charge is 0.478 e. The second kappa shape index (κ2) is 11.2. The maximum absolute atomic E-state index is 15.5. The molecule has 0 bridgehead atoms. The van der Waals surface area contributed by atoms with E-state index in [1.54, 1.807) is 13.0 Å². The van der Waals surface area contributed by atoms with Crippen LogP contribution < -0.4 is 4.74 Å². The molecule has 0 radical (unpaired) electrons. The molecule has 1 aromatic rings. The Kier molecular flexibility index (Phi) is 8.48. The van der Waals surface area contributed by atoms with Crippen LogP contribution in [0.4, 0.5) is 22.0 Å². The van der Waals surface area contributed by atoms with Gasteiger partial charge in [-0.25, -0.2) is 8.78 Å². The van der Waals surface area contributed by atoms with Crippen LogP contribution in [0.15, 0.2) is 18.0 Å². The molecule has 1 aromatic carbocycles. The summed E-state index contributed by atoms with van der Waals surface area (Å²) < 4.78 is 74.0. The van der Waals surface area contributed by atoms with E-state index in [9.17, 15) is 17.6 Å². The normalized spacial score (nSPS) is 30.3. The van der Waals surface area contributed by atoms with Crippen molar-refractivity contribution in [3.63, 3.8) is 0 Å². The predicted octanol–water partition coefficient (Wildman–Crippen LogP) is 9.59. The van der Waals surface area contributed by atoms with Crippen molar-refractivity contribution in [1.29, 1.82) is 0 Å². The van der Waals surface area contributed by atoms with Gasteiger partial charge in [0.2, 0.25) is 0 Å². The van der Waals surface area contributed by atoms with Crippen LogP contribution >= 0.6 is 0 Å². The fraction of sp³-hybridized carbons (Fsp3) is 0.724. The van der Waals surface area contributed by atoms with E-state index < -0.39 is 18.1 Å². The summed E-state index contributed by atoms with van der Waals surface area (Å²) in [6, 6.07) is 2.72. The first-order valence-electron chi connectivity index (χ1n) is 13.6. The second-order valence-electron chi connectivity index (χ2n) is 11.1. The Hall–Kier alpha value is -1.59. The lowest BCUT2D eigenvalue weighted by Gasteiger charge is -2.38. The number of ether oxygens (including phenoxy) is 1. The molecule has 1 atom stereocenters. The molecule has 35 heavy (non-hydrogen) atoms. The molecular formula is C29H39F5O. The number of benzene rings is 1. The average Bonchev–Trinajstić information content (AvgIpc) is 2.86. The standard InChI is InChI=1S/C29H39F5O/c1-3-4-5-19-6-8-20(9-7-19)21-10-12-22(13-11-21)27(31)18(2)24-16-23-14-15-26(29(32,33)34)35-28(23)25(30)17-24/h16-17,19-22,26H,3-15H2,1-2H3/b27-18-. The minimum atomic E-state index is -4.53. The highest BCUT2D eigenvalue weighted by Gasteiger charge is 2.44. The van der Waals surface area contributed by atoms with Crippen molar-refractivity contribution < 1.29 is 26.7 Å². The van der Waals surface area contributed by atoms with Crippen LogP contribution in [0.25, 0.3) is 5.57 Å². The third kappa shape index (κ3) is 6.22. The number of aryl methyl sites for hydroxylation is 1. The SMILES string of the molecule is CCCCC1CCC(C2CCC(/C(F)=C(\C)c3cc(F)c4c(c3)CCC(C(F)(F)F)O4)CC2)CC1. The minimum absolute atomic E-state index is 0.0605. The van der Waals surface area contributed by atoms with E-state index in [4.69, 9.17) is 4.74 Å². The van der Waals surface area contributed by atoms with Gasteiger partial charge in [0.1, 0.15) is 5.83 Å². The smallest absolute Gasteiger partial charge is 0.425 e. The molecule has 0 spiro atoms. The lowest BCUT2D eigenvalue weighted by Crippen LogP contribution is -2.37. The van der Waals surface area contributed by atoms with E-state index in [1.807, 2.05) is 0 Å². The van der Waals surface area contributed by atoms with Crippen LogP contribution in [0.5, 0.6) is 5.75 Å². The molecule has 0 aromatic heterocycles. The number of rotatable bonds is 6. The van der Waals surface area contributed by atoms with E-state index in [0.29, 0.717) is 22.6 Å². The molecule has 0 saturated heterocycles. The Balaban J connectivity index is 1.36. The molecule has 0 N–H and O–H groups in total. The molecule has 196 valence electrons. The summed E-state index contributed by atoms with van der Waals surface area (Å²) in [5, 5.41) is 0. The minimum Gasteiger partial charge on any atom is -0.478 e. The van der Waals surface area contributed by atoms with Gasteiger partial charge in [0.25, 0.3) is 0 Å². The summed E-state index contributed by atoms with van der Waals surface area (Å²) in [6.07, 6.45) is 6.27. The molecule has 6 heteroatoms. The van der Waals surface area contributed by atoms with Gasteiger partial charge in [-0.2, -0.15) is 13.2 Å². The number of hydrogen-bond donors (Lipinski definition) is 0. The maximum atomic E-state index is 15.5. The van der Waals surface area contributed by atoms with Crippen molar-refractivity contribution in [1.82, 2.24) is 0 Å². The van der Waals surface area contributed by atoms with Gasteiger partial charge in [-0.15, -0.1) is 0 Å². The van der Waals surface area contributed by atoms with Gasteiger partial charge in [-0.3, -0.25) is 0 Å². The van der Waals surface area contributed by atoms with E-state index in [-0.39, 0.29) is 30.3 Å². The lowest BCUT2D eigenvalue weighted by atomic mass is 9.68. The van der Waals surface area contributed by atoms with E-state index in [2.05, 4.69) is 6.92 Å². The Labute approximate surface area is 206 Å². The summed E-state index contributed by atoms with van der Waals surface area (Å²) in [4.78, 5) is 0. The number of unbranched alkanes of at least 4 members (excludes halogenated alkanes) is 1. The molecule has 1 nitrogen and oxygen atoms in total. The highest BCUT2D eigenvalue weighted by Crippen LogP contribution is 2.45. The van der Waals surface area contributed by atoms with Crippen molar-refractivity contribution in [2.24, 2.45) is 23.7 Å². The molecule has 1 aliphatic heterocycles. The summed E-state index contributed by atoms with van der Waals surface area (Å²) in [5.41, 5.74) is 1.18. The van der Waals surface area contributed by atoms with Gasteiger partial charge in [0.05, 0.1) is 0 Å². The topological polar surface area (TPSA) is 9.23 Å². The summed E-state index contributed by atoms with van der Waals surface area (Å²) in [5.74, 6) is 0.807. The first-order chi connectivity index (χ1) is 16.7. The van der Waals surface area contributed by atoms with Crippen molar-refractivity contribution in [3.8, 4) is 5.75 Å². The molecule has 4 rings (SSSR count). The summed E-state index contributed by atoms with van der Waals surface area (Å²) >= 11 is 0. The van der Waals surface area contributed by atoms with Crippen LogP contribution in [-0.2, 0) is 6.42 Å². The van der Waals surface area contributed by atoms with Crippen LogP contribution in [0, 0.1) is 29.5 Å². The van der Waals surface area contributed by atoms with Gasteiger partial charge >= 0.3 is 6.18 Å². The van der Waals surface area contributed by atoms with Crippen molar-refractivity contribution in [2.45, 2.75) is 110 Å². The lowest BCUT2D eigenvalue weighted by molar-refractivity contribution is -0.199. The maximum Gasteiger partial charge on any atom is 0.425 e. The molecular weight excluding hydrogens is 459 g/mol. The van der Waals surface area contributed by atoms with Gasteiger partial charge in [0, 0.05) is 5.92 Å². The van der Waals surface area contributed by atoms with Gasteiger partial charge in [-0.1, -0.05) is 39.0 Å². The highest BCUT2D eigenvalue weighted by atomic mass is 19.4. The number of allylic oxidation sites excluding steroid dienone is 2. The Morgan fingerprint density at radius 3 is 2.17 bits per heavy atom. The monoisotopic (exact) mass is 498 g/mol. The van der Waals surface area contributed by atoms with Gasteiger partial charge < -0.3 is 4.74 Å². The van der Waals surface area contributed by atoms with Gasteiger partial charge in [0.15, 0.2) is 17.7 Å². The van der Waals surface area contributed by atoms with Crippen molar-refractivity contribution in [2.75, 3.05) is 0 Å². The van der Waals surface area contributed by atoms with Crippen LogP contribution in [-0.4, -0.2) is 12.3 Å². The predicted molar refractivity (Wildman–Crippen MR) is 129 cm³/mol. The van der Waals surface area contributed by atoms with Crippen molar-refractivity contribution >= 4 is 5.57 Å². The highest BCUT2D eigenvalue weighted by molar-refractivity contribution is 5.68. The fourth-order valence-electron chi connectivity index (χ4n) is 6.63. The Morgan fingerprint density at radius 2 is 1.57 bits per heavy atom. The van der Waals surface area contributed by atoms with Crippen LogP contribution in [0.1, 0.15) is 102 Å². The number of halogens is 5. The third-order valence-electron chi connectivity index (χ3n) is 8.87. The van der Waals surface area contributed by atoms with Crippen LogP contribution in [0.2, 0.25) is 0 Å². The second-order valence-corrected chi connectivity index (χ2v) is 11.1. The molecule has 3 aliphatic rings. The summed E-state index contributed by atoms with van der Waals surface area (Å²) in [6.45, 7) is 3.91. The fourth-order valence-corrected chi connectivity index (χ4v) is 6.63. The zero-order valence-electron chi connectivity index (χ0n) is 21.0. The quantitative estimate of drug-likeness (QED) is 0.355. The molecule has 0 amide bonds. The van der Waals surface area contributed by atoms with Gasteiger partial charge in [-0.05, 0) is 105 Å². The third-order valence-corrected chi connectivity index (χ3v) is 8.87. The molecule has 1 unspecified atom stereocenters. The number of fused-ring (bicyclic) bond motifs is 1. The van der Waals surface area contributed by atoms with E-state index in [0.717, 1.165) is 43.6 Å². The molecule has 2 fully saturated rings. The molecule has 2 aliphatic carbocycles. The summed E-state index contributed by atoms with van der Waals surface area (Å²) in [7, 11) is 0. The van der Waals surface area contributed by atoms with Crippen molar-refractivity contribution in [3.05, 3.63) is 34.9 Å².